The lowest BCUT2D eigenvalue weighted by Gasteiger charge is -2.30. The quantitative estimate of drug-likeness (QED) is 0.677. The van der Waals surface area contributed by atoms with E-state index < -0.39 is 6.04 Å². The van der Waals surface area contributed by atoms with Crippen molar-refractivity contribution < 1.29 is 9.59 Å². The second-order valence-electron chi connectivity index (χ2n) is 6.80. The molecule has 0 aromatic heterocycles. The summed E-state index contributed by atoms with van der Waals surface area (Å²) in [7, 11) is 0. The van der Waals surface area contributed by atoms with Crippen molar-refractivity contribution in [3.8, 4) is 0 Å². The molecule has 1 N–H and O–H groups in total. The van der Waals surface area contributed by atoms with Gasteiger partial charge in [-0.25, -0.2) is 0 Å². The number of hydrogen-bond donors (Lipinski definition) is 1. The zero-order valence-electron chi connectivity index (χ0n) is 16.1. The van der Waals surface area contributed by atoms with Gasteiger partial charge in [-0.1, -0.05) is 65.3 Å². The third-order valence-electron chi connectivity index (χ3n) is 4.63. The summed E-state index contributed by atoms with van der Waals surface area (Å²) in [4.78, 5) is 27.3. The number of benzene rings is 2. The number of carbonyl (C=O) groups excluding carboxylic acids is 2. The number of nitrogens with zero attached hydrogens (tertiary/aromatic N) is 1. The molecule has 0 spiro atoms. The maximum Gasteiger partial charge on any atom is 0.242 e. The zero-order valence-corrected chi connectivity index (χ0v) is 17.7. The largest absolute Gasteiger partial charge is 0.352 e. The molecule has 0 bridgehead atoms. The number of halogens is 1. The van der Waals surface area contributed by atoms with Crippen LogP contribution in [0.3, 0.4) is 0 Å². The van der Waals surface area contributed by atoms with Crippen LogP contribution in [0.15, 0.2) is 59.1 Å². The van der Waals surface area contributed by atoms with E-state index in [1.807, 2.05) is 68.4 Å². The molecule has 0 fully saturated rings. The normalized spacial score (nSPS) is 12.9. The van der Waals surface area contributed by atoms with Gasteiger partial charge in [0.05, 0.1) is 6.42 Å². The van der Waals surface area contributed by atoms with Crippen molar-refractivity contribution in [3.63, 3.8) is 0 Å². The van der Waals surface area contributed by atoms with Crippen LogP contribution >= 0.6 is 15.9 Å². The van der Waals surface area contributed by atoms with Gasteiger partial charge in [0, 0.05) is 17.1 Å². The highest BCUT2D eigenvalue weighted by atomic mass is 79.9. The summed E-state index contributed by atoms with van der Waals surface area (Å²) in [6, 6.07) is 17.0. The minimum absolute atomic E-state index is 0.0593. The highest BCUT2D eigenvalue weighted by Crippen LogP contribution is 2.15. The molecule has 0 saturated heterocycles. The molecule has 0 radical (unpaired) electrons. The highest BCUT2D eigenvalue weighted by Gasteiger charge is 2.26. The summed E-state index contributed by atoms with van der Waals surface area (Å²) in [5, 5.41) is 2.98. The van der Waals surface area contributed by atoms with Crippen LogP contribution in [0.25, 0.3) is 0 Å². The topological polar surface area (TPSA) is 49.4 Å². The number of rotatable bonds is 8. The van der Waals surface area contributed by atoms with Crippen LogP contribution in [0, 0.1) is 0 Å². The molecule has 0 heterocycles. The molecule has 27 heavy (non-hydrogen) atoms. The van der Waals surface area contributed by atoms with Gasteiger partial charge in [0.15, 0.2) is 0 Å². The van der Waals surface area contributed by atoms with E-state index in [2.05, 4.69) is 21.2 Å². The van der Waals surface area contributed by atoms with E-state index >= 15 is 0 Å². The van der Waals surface area contributed by atoms with Crippen LogP contribution in [-0.2, 0) is 22.6 Å². The lowest BCUT2D eigenvalue weighted by atomic mass is 10.1. The predicted molar refractivity (Wildman–Crippen MR) is 112 cm³/mol. The smallest absolute Gasteiger partial charge is 0.242 e. The Morgan fingerprint density at radius 3 is 2.22 bits per heavy atom. The van der Waals surface area contributed by atoms with Crippen molar-refractivity contribution in [2.24, 2.45) is 0 Å². The Hall–Kier alpha value is -2.14. The summed E-state index contributed by atoms with van der Waals surface area (Å²) < 4.78 is 0.982. The summed E-state index contributed by atoms with van der Waals surface area (Å²) in [5.74, 6) is -0.182. The molecule has 144 valence electrons. The Kier molecular flexibility index (Phi) is 8.04. The number of carbonyl (C=O) groups is 2. The van der Waals surface area contributed by atoms with Crippen LogP contribution < -0.4 is 5.32 Å². The Morgan fingerprint density at radius 2 is 1.63 bits per heavy atom. The standard InChI is InChI=1S/C22H27BrN2O2/c1-4-16(2)24-22(27)17(3)25(15-19-10-12-20(23)13-11-19)21(26)14-18-8-6-5-7-9-18/h5-13,16-17H,4,14-15H2,1-3H3,(H,24,27)/t16-,17-/m0/s1. The lowest BCUT2D eigenvalue weighted by molar-refractivity contribution is -0.140. The minimum atomic E-state index is -0.543. The number of hydrogen-bond acceptors (Lipinski definition) is 2. The van der Waals surface area contributed by atoms with Crippen LogP contribution in [0.4, 0.5) is 0 Å². The van der Waals surface area contributed by atoms with E-state index in [4.69, 9.17) is 0 Å². The first-order valence-corrected chi connectivity index (χ1v) is 10.1. The van der Waals surface area contributed by atoms with Gasteiger partial charge in [-0.3, -0.25) is 9.59 Å². The van der Waals surface area contributed by atoms with Gasteiger partial charge in [-0.2, -0.15) is 0 Å². The summed E-state index contributed by atoms with van der Waals surface area (Å²) in [6.45, 7) is 6.18. The van der Waals surface area contributed by atoms with Gasteiger partial charge >= 0.3 is 0 Å². The van der Waals surface area contributed by atoms with E-state index in [1.165, 1.54) is 0 Å². The van der Waals surface area contributed by atoms with Crippen LogP contribution in [0.2, 0.25) is 0 Å². The highest BCUT2D eigenvalue weighted by molar-refractivity contribution is 9.10. The molecule has 0 aliphatic carbocycles. The molecule has 0 aliphatic rings. The number of amides is 2. The van der Waals surface area contributed by atoms with Gasteiger partial charge < -0.3 is 10.2 Å². The summed E-state index contributed by atoms with van der Waals surface area (Å²) >= 11 is 3.43. The van der Waals surface area contributed by atoms with E-state index in [0.29, 0.717) is 6.54 Å². The van der Waals surface area contributed by atoms with Crippen molar-refractivity contribution >= 4 is 27.7 Å². The molecular weight excluding hydrogens is 404 g/mol. The van der Waals surface area contributed by atoms with E-state index in [9.17, 15) is 9.59 Å². The van der Waals surface area contributed by atoms with Gasteiger partial charge in [-0.15, -0.1) is 0 Å². The van der Waals surface area contributed by atoms with Crippen molar-refractivity contribution in [1.29, 1.82) is 0 Å². The first kappa shape index (κ1) is 21.2. The molecular formula is C22H27BrN2O2. The van der Waals surface area contributed by atoms with Crippen LogP contribution in [0.5, 0.6) is 0 Å². The van der Waals surface area contributed by atoms with E-state index in [1.54, 1.807) is 11.8 Å². The average Bonchev–Trinajstić information content (AvgIpc) is 2.67. The molecule has 2 rings (SSSR count). The van der Waals surface area contributed by atoms with Crippen LogP contribution in [-0.4, -0.2) is 28.8 Å². The molecule has 2 amide bonds. The zero-order chi connectivity index (χ0) is 19.8. The Labute approximate surface area is 170 Å². The fourth-order valence-corrected chi connectivity index (χ4v) is 2.97. The van der Waals surface area contributed by atoms with Crippen molar-refractivity contribution in [2.75, 3.05) is 0 Å². The molecule has 2 aromatic rings. The first-order chi connectivity index (χ1) is 12.9. The van der Waals surface area contributed by atoms with Gasteiger partial charge in [0.1, 0.15) is 6.04 Å². The summed E-state index contributed by atoms with van der Waals surface area (Å²) in [6.07, 6.45) is 1.13. The van der Waals surface area contributed by atoms with E-state index in [0.717, 1.165) is 22.0 Å². The van der Waals surface area contributed by atoms with Gasteiger partial charge in [0.2, 0.25) is 11.8 Å². The molecule has 0 aliphatic heterocycles. The molecule has 5 heteroatoms. The van der Waals surface area contributed by atoms with Crippen molar-refractivity contribution in [2.45, 2.75) is 52.2 Å². The van der Waals surface area contributed by atoms with E-state index in [-0.39, 0.29) is 24.3 Å². The van der Waals surface area contributed by atoms with Crippen LogP contribution in [0.1, 0.15) is 38.3 Å². The Balaban J connectivity index is 2.19. The lowest BCUT2D eigenvalue weighted by Crippen LogP contribution is -2.49. The minimum Gasteiger partial charge on any atom is -0.352 e. The second kappa shape index (κ2) is 10.3. The fraction of sp³-hybridized carbons (Fsp3) is 0.364. The Morgan fingerprint density at radius 1 is 1.00 bits per heavy atom. The fourth-order valence-electron chi connectivity index (χ4n) is 2.71. The Bertz CT molecular complexity index is 747. The summed E-state index contributed by atoms with van der Waals surface area (Å²) in [5.41, 5.74) is 1.93. The monoisotopic (exact) mass is 430 g/mol. The molecule has 2 aromatic carbocycles. The third-order valence-corrected chi connectivity index (χ3v) is 5.16. The van der Waals surface area contributed by atoms with Gasteiger partial charge in [0.25, 0.3) is 0 Å². The van der Waals surface area contributed by atoms with Crippen molar-refractivity contribution in [1.82, 2.24) is 10.2 Å². The third kappa shape index (κ3) is 6.51. The SMILES string of the molecule is CC[C@H](C)NC(=O)[C@H](C)N(Cc1ccc(Br)cc1)C(=O)Cc1ccccc1. The molecule has 0 unspecified atom stereocenters. The maximum atomic E-state index is 13.0. The maximum absolute atomic E-state index is 13.0. The molecule has 0 saturated carbocycles. The first-order valence-electron chi connectivity index (χ1n) is 9.29. The molecule has 2 atom stereocenters. The average molecular weight is 431 g/mol. The predicted octanol–water partition coefficient (Wildman–Crippen LogP) is 4.32. The second-order valence-corrected chi connectivity index (χ2v) is 7.72. The van der Waals surface area contributed by atoms with Crippen molar-refractivity contribution in [3.05, 3.63) is 70.2 Å². The molecule has 4 nitrogen and oxygen atoms in total. The number of nitrogens with one attached hydrogen (secondary N) is 1. The van der Waals surface area contributed by atoms with Gasteiger partial charge in [-0.05, 0) is 43.5 Å².